The van der Waals surface area contributed by atoms with Gasteiger partial charge in [0.15, 0.2) is 12.4 Å². The lowest BCUT2D eigenvalue weighted by molar-refractivity contribution is -0.122. The molecule has 2 rings (SSSR count). The molecule has 0 saturated carbocycles. The van der Waals surface area contributed by atoms with E-state index in [1.54, 1.807) is 51.2 Å². The van der Waals surface area contributed by atoms with E-state index < -0.39 is 6.04 Å². The molecule has 24 heavy (non-hydrogen) atoms. The van der Waals surface area contributed by atoms with Crippen molar-refractivity contribution in [3.05, 3.63) is 36.1 Å². The van der Waals surface area contributed by atoms with Gasteiger partial charge in [0.25, 0.3) is 5.91 Å². The number of carbonyl (C=O) groups excluding carboxylic acids is 2. The zero-order valence-corrected chi connectivity index (χ0v) is 13.8. The number of hydrogen-bond donors (Lipinski definition) is 3. The highest BCUT2D eigenvalue weighted by atomic mass is 16.5. The Morgan fingerprint density at radius 1 is 1.33 bits per heavy atom. The summed E-state index contributed by atoms with van der Waals surface area (Å²) in [6, 6.07) is 8.15. The highest BCUT2D eigenvalue weighted by molar-refractivity contribution is 5.95. The molecule has 1 aromatic carbocycles. The maximum absolute atomic E-state index is 12.1. The van der Waals surface area contributed by atoms with Gasteiger partial charge in [0.1, 0.15) is 17.6 Å². The number of likely N-dealkylation sites (N-methyl/N-ethyl adjacent to an activating group) is 1. The lowest BCUT2D eigenvalue weighted by Gasteiger charge is -2.15. The molecule has 0 aliphatic rings. The number of ether oxygens (including phenoxy) is 1. The van der Waals surface area contributed by atoms with E-state index in [1.807, 2.05) is 0 Å². The molecule has 1 aromatic heterocycles. The van der Waals surface area contributed by atoms with E-state index >= 15 is 0 Å². The van der Waals surface area contributed by atoms with E-state index in [1.165, 1.54) is 0 Å². The van der Waals surface area contributed by atoms with Crippen molar-refractivity contribution in [2.75, 3.05) is 24.3 Å². The number of aryl methyl sites for hydroxylation is 1. The van der Waals surface area contributed by atoms with Gasteiger partial charge < -0.3 is 25.2 Å². The van der Waals surface area contributed by atoms with Crippen molar-refractivity contribution in [1.82, 2.24) is 10.5 Å². The van der Waals surface area contributed by atoms with Crippen LogP contribution in [-0.4, -0.2) is 36.7 Å². The fraction of sp³-hybridized carbons (Fsp3) is 0.312. The SMILES string of the molecule is CNC(=O)COc1cccc(NC(C)C(=O)Nc2cc(C)on2)c1. The molecule has 0 radical (unpaired) electrons. The van der Waals surface area contributed by atoms with E-state index in [-0.39, 0.29) is 18.4 Å². The number of nitrogens with one attached hydrogen (secondary N) is 3. The van der Waals surface area contributed by atoms with Crippen LogP contribution in [0.15, 0.2) is 34.9 Å². The first-order chi connectivity index (χ1) is 11.5. The molecule has 3 N–H and O–H groups in total. The second-order valence-electron chi connectivity index (χ2n) is 5.17. The Balaban J connectivity index is 1.91. The largest absolute Gasteiger partial charge is 0.484 e. The van der Waals surface area contributed by atoms with E-state index in [0.29, 0.717) is 23.0 Å². The van der Waals surface area contributed by atoms with E-state index in [4.69, 9.17) is 9.26 Å². The number of rotatable bonds is 7. The first-order valence-corrected chi connectivity index (χ1v) is 7.42. The molecule has 8 nitrogen and oxygen atoms in total. The normalized spacial score (nSPS) is 11.5. The van der Waals surface area contributed by atoms with Gasteiger partial charge in [-0.25, -0.2) is 0 Å². The molecule has 1 unspecified atom stereocenters. The predicted octanol–water partition coefficient (Wildman–Crippen LogP) is 1.55. The predicted molar refractivity (Wildman–Crippen MR) is 89.0 cm³/mol. The highest BCUT2D eigenvalue weighted by Crippen LogP contribution is 2.18. The summed E-state index contributed by atoms with van der Waals surface area (Å²) in [6.07, 6.45) is 0. The van der Waals surface area contributed by atoms with Crippen molar-refractivity contribution >= 4 is 23.3 Å². The second-order valence-corrected chi connectivity index (χ2v) is 5.17. The average Bonchev–Trinajstić information content (AvgIpc) is 2.97. The molecule has 8 heteroatoms. The average molecular weight is 332 g/mol. The van der Waals surface area contributed by atoms with Crippen LogP contribution in [0, 0.1) is 6.92 Å². The first kappa shape index (κ1) is 17.3. The van der Waals surface area contributed by atoms with Crippen LogP contribution in [0.25, 0.3) is 0 Å². The Kier molecular flexibility index (Phi) is 5.78. The van der Waals surface area contributed by atoms with Gasteiger partial charge in [-0.15, -0.1) is 0 Å². The third-order valence-corrected chi connectivity index (χ3v) is 3.14. The van der Waals surface area contributed by atoms with Crippen LogP contribution >= 0.6 is 0 Å². The number of hydrogen-bond acceptors (Lipinski definition) is 6. The first-order valence-electron chi connectivity index (χ1n) is 7.42. The number of aromatic nitrogens is 1. The summed E-state index contributed by atoms with van der Waals surface area (Å²) in [5, 5.41) is 11.9. The van der Waals surface area contributed by atoms with Gasteiger partial charge in [-0.3, -0.25) is 9.59 Å². The Bertz CT molecular complexity index is 714. The van der Waals surface area contributed by atoms with Crippen LogP contribution in [0.1, 0.15) is 12.7 Å². The minimum absolute atomic E-state index is 0.0680. The van der Waals surface area contributed by atoms with Gasteiger partial charge in [-0.2, -0.15) is 0 Å². The molecule has 0 aliphatic carbocycles. The molecule has 2 amide bonds. The number of amides is 2. The zero-order chi connectivity index (χ0) is 17.5. The maximum atomic E-state index is 12.1. The molecule has 1 heterocycles. The minimum atomic E-state index is -0.504. The standard InChI is InChI=1S/C16H20N4O4/c1-10-7-14(20-24-10)19-16(22)11(2)18-12-5-4-6-13(8-12)23-9-15(21)17-3/h4-8,11,18H,9H2,1-3H3,(H,17,21)(H,19,20,22). The summed E-state index contributed by atoms with van der Waals surface area (Å²) >= 11 is 0. The molecule has 0 fully saturated rings. The van der Waals surface area contributed by atoms with Crippen LogP contribution in [0.3, 0.4) is 0 Å². The molecular weight excluding hydrogens is 312 g/mol. The fourth-order valence-corrected chi connectivity index (χ4v) is 1.87. The fourth-order valence-electron chi connectivity index (χ4n) is 1.87. The number of carbonyl (C=O) groups is 2. The van der Waals surface area contributed by atoms with Crippen LogP contribution in [0.4, 0.5) is 11.5 Å². The molecule has 0 bridgehead atoms. The summed E-state index contributed by atoms with van der Waals surface area (Å²) in [6.45, 7) is 3.40. The molecule has 128 valence electrons. The number of nitrogens with zero attached hydrogens (tertiary/aromatic N) is 1. The van der Waals surface area contributed by atoms with Gasteiger partial charge in [-0.05, 0) is 26.0 Å². The van der Waals surface area contributed by atoms with Crippen molar-refractivity contribution in [3.8, 4) is 5.75 Å². The lowest BCUT2D eigenvalue weighted by atomic mass is 10.2. The molecule has 0 spiro atoms. The monoisotopic (exact) mass is 332 g/mol. The molecule has 2 aromatic rings. The van der Waals surface area contributed by atoms with E-state index in [9.17, 15) is 9.59 Å². The molecular formula is C16H20N4O4. The highest BCUT2D eigenvalue weighted by Gasteiger charge is 2.14. The Hall–Kier alpha value is -3.03. The maximum Gasteiger partial charge on any atom is 0.257 e. The van der Waals surface area contributed by atoms with Gasteiger partial charge >= 0.3 is 0 Å². The molecule has 1 atom stereocenters. The summed E-state index contributed by atoms with van der Waals surface area (Å²) in [4.78, 5) is 23.3. The van der Waals surface area contributed by atoms with Crippen LogP contribution in [0.5, 0.6) is 5.75 Å². The Labute approximate surface area is 139 Å². The summed E-state index contributed by atoms with van der Waals surface area (Å²) < 4.78 is 10.3. The smallest absolute Gasteiger partial charge is 0.257 e. The van der Waals surface area contributed by atoms with Crippen molar-refractivity contribution in [3.63, 3.8) is 0 Å². The summed E-state index contributed by atoms with van der Waals surface area (Å²) in [5.74, 6) is 1.05. The van der Waals surface area contributed by atoms with E-state index in [0.717, 1.165) is 0 Å². The third kappa shape index (κ3) is 5.01. The number of anilines is 2. The quantitative estimate of drug-likeness (QED) is 0.710. The van der Waals surface area contributed by atoms with Crippen molar-refractivity contribution in [1.29, 1.82) is 0 Å². The molecule has 0 saturated heterocycles. The van der Waals surface area contributed by atoms with Gasteiger partial charge in [-0.1, -0.05) is 11.2 Å². The van der Waals surface area contributed by atoms with Crippen LogP contribution in [-0.2, 0) is 9.59 Å². The van der Waals surface area contributed by atoms with Crippen molar-refractivity contribution in [2.24, 2.45) is 0 Å². The summed E-state index contributed by atoms with van der Waals surface area (Å²) in [5.41, 5.74) is 0.698. The van der Waals surface area contributed by atoms with Gasteiger partial charge in [0, 0.05) is 24.9 Å². The number of benzene rings is 1. The topological polar surface area (TPSA) is 105 Å². The minimum Gasteiger partial charge on any atom is -0.484 e. The van der Waals surface area contributed by atoms with Crippen LogP contribution in [0.2, 0.25) is 0 Å². The van der Waals surface area contributed by atoms with Crippen molar-refractivity contribution in [2.45, 2.75) is 19.9 Å². The van der Waals surface area contributed by atoms with Crippen LogP contribution < -0.4 is 20.7 Å². The zero-order valence-electron chi connectivity index (χ0n) is 13.8. The summed E-state index contributed by atoms with van der Waals surface area (Å²) in [7, 11) is 1.54. The van der Waals surface area contributed by atoms with Gasteiger partial charge in [0.05, 0.1) is 0 Å². The Morgan fingerprint density at radius 2 is 2.12 bits per heavy atom. The molecule has 0 aliphatic heterocycles. The van der Waals surface area contributed by atoms with E-state index in [2.05, 4.69) is 21.1 Å². The van der Waals surface area contributed by atoms with Crippen molar-refractivity contribution < 1.29 is 18.8 Å². The third-order valence-electron chi connectivity index (χ3n) is 3.14. The lowest BCUT2D eigenvalue weighted by Crippen LogP contribution is -2.32. The Morgan fingerprint density at radius 3 is 2.79 bits per heavy atom. The van der Waals surface area contributed by atoms with Gasteiger partial charge in [0.2, 0.25) is 5.91 Å². The second kappa shape index (κ2) is 8.00.